The second-order valence-corrected chi connectivity index (χ2v) is 6.48. The molecule has 0 saturated heterocycles. The number of nitrogens with one attached hydrogen (secondary N) is 1. The summed E-state index contributed by atoms with van der Waals surface area (Å²) in [6.45, 7) is 2.13. The van der Waals surface area contributed by atoms with Gasteiger partial charge >= 0.3 is 0 Å². The van der Waals surface area contributed by atoms with E-state index in [1.54, 1.807) is 7.11 Å². The quantitative estimate of drug-likeness (QED) is 0.616. The lowest BCUT2D eigenvalue weighted by atomic mass is 10.2. The van der Waals surface area contributed by atoms with Crippen LogP contribution in [0, 0.1) is 5.82 Å². The molecular weight excluding hydrogens is 389 g/mol. The van der Waals surface area contributed by atoms with E-state index >= 15 is 0 Å². The van der Waals surface area contributed by atoms with Gasteiger partial charge in [0.2, 0.25) is 5.88 Å². The molecular formula is C22H22FN3O4. The lowest BCUT2D eigenvalue weighted by molar-refractivity contribution is -0.128. The minimum Gasteiger partial charge on any atom is -0.497 e. The maximum Gasteiger partial charge on any atom is 0.271 e. The fourth-order valence-corrected chi connectivity index (χ4v) is 2.78. The van der Waals surface area contributed by atoms with Crippen LogP contribution in [-0.2, 0) is 11.3 Å². The van der Waals surface area contributed by atoms with Crippen LogP contribution in [0.25, 0.3) is 5.69 Å². The number of aromatic nitrogens is 2. The third kappa shape index (κ3) is 5.22. The van der Waals surface area contributed by atoms with E-state index in [4.69, 9.17) is 9.47 Å². The van der Waals surface area contributed by atoms with Crippen molar-refractivity contribution >= 4 is 5.91 Å². The molecule has 30 heavy (non-hydrogen) atoms. The molecule has 1 N–H and O–H groups in total. The van der Waals surface area contributed by atoms with Crippen molar-refractivity contribution in [3.8, 4) is 17.3 Å². The van der Waals surface area contributed by atoms with Gasteiger partial charge in [-0.25, -0.2) is 4.39 Å². The van der Waals surface area contributed by atoms with Gasteiger partial charge < -0.3 is 14.8 Å². The summed E-state index contributed by atoms with van der Waals surface area (Å²) in [6, 6.07) is 15.4. The van der Waals surface area contributed by atoms with Crippen molar-refractivity contribution < 1.29 is 18.7 Å². The number of hydrogen-bond donors (Lipinski definition) is 1. The van der Waals surface area contributed by atoms with E-state index in [9.17, 15) is 14.0 Å². The Hall–Kier alpha value is -3.68. The predicted octanol–water partition coefficient (Wildman–Crippen LogP) is 2.85. The highest BCUT2D eigenvalue weighted by atomic mass is 19.1. The first-order valence-electron chi connectivity index (χ1n) is 9.43. The Labute approximate surface area is 173 Å². The Morgan fingerprint density at radius 1 is 1.17 bits per heavy atom. The molecule has 0 fully saturated rings. The molecule has 3 aromatic rings. The molecule has 0 radical (unpaired) electrons. The second kappa shape index (κ2) is 9.69. The van der Waals surface area contributed by atoms with E-state index in [1.165, 1.54) is 36.4 Å². The van der Waals surface area contributed by atoms with E-state index < -0.39 is 17.5 Å². The number of amides is 1. The molecule has 0 unspecified atom stereocenters. The van der Waals surface area contributed by atoms with Gasteiger partial charge in [0, 0.05) is 18.7 Å². The Kier molecular flexibility index (Phi) is 6.79. The van der Waals surface area contributed by atoms with Crippen LogP contribution in [0.4, 0.5) is 4.39 Å². The van der Waals surface area contributed by atoms with Crippen LogP contribution in [0.15, 0.2) is 65.5 Å². The Bertz CT molecular complexity index is 1070. The number of carbonyl (C=O) groups is 1. The molecule has 1 atom stereocenters. The number of ether oxygens (including phenoxy) is 2. The topological polar surface area (TPSA) is 82.5 Å². The average Bonchev–Trinajstić information content (AvgIpc) is 2.77. The van der Waals surface area contributed by atoms with Gasteiger partial charge in [0.15, 0.2) is 6.10 Å². The van der Waals surface area contributed by atoms with E-state index in [0.717, 1.165) is 10.2 Å². The molecule has 0 spiro atoms. The zero-order chi connectivity index (χ0) is 21.5. The van der Waals surface area contributed by atoms with Crippen molar-refractivity contribution in [3.63, 3.8) is 0 Å². The third-order valence-corrected chi connectivity index (χ3v) is 4.37. The van der Waals surface area contributed by atoms with E-state index in [-0.39, 0.29) is 11.8 Å². The van der Waals surface area contributed by atoms with E-state index in [1.807, 2.05) is 31.2 Å². The smallest absolute Gasteiger partial charge is 0.271 e. The zero-order valence-corrected chi connectivity index (χ0v) is 16.7. The summed E-state index contributed by atoms with van der Waals surface area (Å²) >= 11 is 0. The van der Waals surface area contributed by atoms with Crippen molar-refractivity contribution in [2.45, 2.75) is 26.0 Å². The Morgan fingerprint density at radius 2 is 1.93 bits per heavy atom. The Balaban J connectivity index is 1.70. The van der Waals surface area contributed by atoms with Crippen molar-refractivity contribution in [1.29, 1.82) is 0 Å². The molecule has 8 heteroatoms. The molecule has 1 aromatic heterocycles. The normalized spacial score (nSPS) is 11.6. The van der Waals surface area contributed by atoms with Gasteiger partial charge in [0.25, 0.3) is 11.5 Å². The summed E-state index contributed by atoms with van der Waals surface area (Å²) in [7, 11) is 1.58. The maximum atomic E-state index is 13.1. The predicted molar refractivity (Wildman–Crippen MR) is 109 cm³/mol. The van der Waals surface area contributed by atoms with Crippen LogP contribution in [0.2, 0.25) is 0 Å². The highest BCUT2D eigenvalue weighted by molar-refractivity contribution is 5.81. The summed E-state index contributed by atoms with van der Waals surface area (Å²) in [4.78, 5) is 24.7. The molecule has 1 heterocycles. The lowest BCUT2D eigenvalue weighted by Gasteiger charge is -2.17. The van der Waals surface area contributed by atoms with Gasteiger partial charge in [-0.05, 0) is 48.4 Å². The first-order chi connectivity index (χ1) is 14.5. The number of hydrogen-bond acceptors (Lipinski definition) is 5. The number of nitrogens with zero attached hydrogens (tertiary/aromatic N) is 2. The van der Waals surface area contributed by atoms with Crippen molar-refractivity contribution in [2.75, 3.05) is 7.11 Å². The summed E-state index contributed by atoms with van der Waals surface area (Å²) in [5.74, 6) is 0.0965. The monoisotopic (exact) mass is 411 g/mol. The molecule has 3 rings (SSSR count). The molecule has 0 aliphatic heterocycles. The van der Waals surface area contributed by atoms with Gasteiger partial charge in [-0.3, -0.25) is 9.59 Å². The lowest BCUT2D eigenvalue weighted by Crippen LogP contribution is -2.38. The highest BCUT2D eigenvalue weighted by Gasteiger charge is 2.19. The van der Waals surface area contributed by atoms with Gasteiger partial charge in [0.1, 0.15) is 11.6 Å². The molecule has 156 valence electrons. The van der Waals surface area contributed by atoms with Crippen molar-refractivity contribution in [2.24, 2.45) is 0 Å². The average molecular weight is 411 g/mol. The fourth-order valence-electron chi connectivity index (χ4n) is 2.78. The summed E-state index contributed by atoms with van der Waals surface area (Å²) in [5, 5.41) is 6.97. The number of rotatable bonds is 8. The van der Waals surface area contributed by atoms with Crippen molar-refractivity contribution in [3.05, 3.63) is 82.4 Å². The maximum absolute atomic E-state index is 13.1. The molecule has 2 aromatic carbocycles. The molecule has 0 aliphatic carbocycles. The van der Waals surface area contributed by atoms with Crippen LogP contribution in [0.5, 0.6) is 11.6 Å². The minimum atomic E-state index is -0.790. The zero-order valence-electron chi connectivity index (χ0n) is 16.7. The molecule has 7 nitrogen and oxygen atoms in total. The van der Waals surface area contributed by atoms with Gasteiger partial charge in [-0.1, -0.05) is 19.1 Å². The third-order valence-electron chi connectivity index (χ3n) is 4.37. The van der Waals surface area contributed by atoms with Crippen LogP contribution >= 0.6 is 0 Å². The SMILES string of the molecule is CC[C@@H](Oc1ccc(=O)n(-c2ccc(F)cc2)n1)C(=O)NCc1cccc(OC)c1. The fraction of sp³-hybridized carbons (Fsp3) is 0.227. The Morgan fingerprint density at radius 3 is 2.63 bits per heavy atom. The summed E-state index contributed by atoms with van der Waals surface area (Å²) < 4.78 is 25.1. The van der Waals surface area contributed by atoms with Crippen molar-refractivity contribution in [1.82, 2.24) is 15.1 Å². The van der Waals surface area contributed by atoms with Crippen LogP contribution in [0.3, 0.4) is 0 Å². The largest absolute Gasteiger partial charge is 0.497 e. The van der Waals surface area contributed by atoms with E-state index in [2.05, 4.69) is 10.4 Å². The second-order valence-electron chi connectivity index (χ2n) is 6.48. The molecule has 0 bridgehead atoms. The first-order valence-corrected chi connectivity index (χ1v) is 9.43. The number of methoxy groups -OCH3 is 1. The van der Waals surface area contributed by atoms with Crippen LogP contribution in [0.1, 0.15) is 18.9 Å². The standard InChI is InChI=1S/C22H22FN3O4/c1-3-19(22(28)24-14-15-5-4-6-18(13-15)29-2)30-20-11-12-21(27)26(25-20)17-9-7-16(23)8-10-17/h4-13,19H,3,14H2,1-2H3,(H,24,28)/t19-/m1/s1. The molecule has 1 amide bonds. The van der Waals surface area contributed by atoms with Crippen LogP contribution in [-0.4, -0.2) is 28.9 Å². The van der Waals surface area contributed by atoms with Gasteiger partial charge in [-0.2, -0.15) is 4.68 Å². The molecule has 0 saturated carbocycles. The molecule has 0 aliphatic rings. The van der Waals surface area contributed by atoms with Gasteiger partial charge in [0.05, 0.1) is 12.8 Å². The minimum absolute atomic E-state index is 0.113. The number of carbonyl (C=O) groups excluding carboxylic acids is 1. The first kappa shape index (κ1) is 21.0. The summed E-state index contributed by atoms with van der Waals surface area (Å²) in [5.41, 5.74) is 0.882. The van der Waals surface area contributed by atoms with E-state index in [0.29, 0.717) is 24.4 Å². The van der Waals surface area contributed by atoms with Crippen LogP contribution < -0.4 is 20.3 Å². The number of halogens is 1. The highest BCUT2D eigenvalue weighted by Crippen LogP contribution is 2.14. The summed E-state index contributed by atoms with van der Waals surface area (Å²) in [6.07, 6.45) is -0.385. The number of benzene rings is 2. The van der Waals surface area contributed by atoms with Gasteiger partial charge in [-0.15, -0.1) is 5.10 Å².